The Balaban J connectivity index is 2.38. The Morgan fingerprint density at radius 2 is 1.67 bits per heavy atom. The summed E-state index contributed by atoms with van der Waals surface area (Å²) >= 11 is 0. The zero-order valence-electron chi connectivity index (χ0n) is 12.3. The number of benzene rings is 1. The molecule has 1 rings (SSSR count). The highest BCUT2D eigenvalue weighted by Gasteiger charge is 2.19. The minimum Gasteiger partial charge on any atom is -0.508 e. The first kappa shape index (κ1) is 15.0. The molecule has 0 fully saturated rings. The van der Waals surface area contributed by atoms with Crippen LogP contribution in [0.4, 0.5) is 0 Å². The molecule has 0 heterocycles. The van der Waals surface area contributed by atoms with Crippen LogP contribution in [0.1, 0.15) is 40.2 Å². The molecule has 18 heavy (non-hydrogen) atoms. The third kappa shape index (κ3) is 5.09. The lowest BCUT2D eigenvalue weighted by atomic mass is 9.82. The quantitative estimate of drug-likeness (QED) is 0.835. The van der Waals surface area contributed by atoms with Gasteiger partial charge in [0.25, 0.3) is 0 Å². The van der Waals surface area contributed by atoms with E-state index in [0.717, 1.165) is 13.0 Å². The predicted octanol–water partition coefficient (Wildman–Crippen LogP) is 3.60. The number of hydrogen-bond donors (Lipinski definition) is 2. The van der Waals surface area contributed by atoms with E-state index in [1.165, 1.54) is 5.56 Å². The van der Waals surface area contributed by atoms with Gasteiger partial charge in [0.1, 0.15) is 5.75 Å². The molecule has 2 nitrogen and oxygen atoms in total. The first-order chi connectivity index (χ1) is 8.29. The van der Waals surface area contributed by atoms with Crippen LogP contribution >= 0.6 is 0 Å². The number of hydrogen-bond acceptors (Lipinski definition) is 2. The van der Waals surface area contributed by atoms with Crippen molar-refractivity contribution >= 4 is 0 Å². The van der Waals surface area contributed by atoms with Crippen molar-refractivity contribution in [1.82, 2.24) is 5.32 Å². The van der Waals surface area contributed by atoms with Crippen molar-refractivity contribution in [3.63, 3.8) is 0 Å². The van der Waals surface area contributed by atoms with Crippen LogP contribution in [0, 0.1) is 11.3 Å². The van der Waals surface area contributed by atoms with E-state index in [4.69, 9.17) is 0 Å². The normalized spacial score (nSPS) is 15.4. The van der Waals surface area contributed by atoms with Crippen LogP contribution in [0.3, 0.4) is 0 Å². The topological polar surface area (TPSA) is 32.3 Å². The molecule has 2 unspecified atom stereocenters. The maximum atomic E-state index is 9.24. The lowest BCUT2D eigenvalue weighted by Gasteiger charge is -2.28. The summed E-state index contributed by atoms with van der Waals surface area (Å²) in [6.45, 7) is 12.4. The van der Waals surface area contributed by atoms with Crippen LogP contribution in [-0.2, 0) is 6.42 Å². The highest BCUT2D eigenvalue weighted by molar-refractivity contribution is 5.26. The number of nitrogens with one attached hydrogen (secondary N) is 1. The fraction of sp³-hybridized carbons (Fsp3) is 0.625. The number of rotatable bonds is 5. The van der Waals surface area contributed by atoms with E-state index < -0.39 is 0 Å². The van der Waals surface area contributed by atoms with Crippen molar-refractivity contribution in [2.75, 3.05) is 6.54 Å². The molecule has 0 spiro atoms. The second kappa shape index (κ2) is 6.24. The van der Waals surface area contributed by atoms with Gasteiger partial charge < -0.3 is 10.4 Å². The molecule has 1 aromatic carbocycles. The van der Waals surface area contributed by atoms with Crippen molar-refractivity contribution in [3.05, 3.63) is 29.8 Å². The molecule has 0 amide bonds. The Kier molecular flexibility index (Phi) is 5.21. The Bertz CT molecular complexity index is 350. The second-order valence-corrected chi connectivity index (χ2v) is 6.45. The zero-order chi connectivity index (χ0) is 13.8. The molecule has 0 radical (unpaired) electrons. The van der Waals surface area contributed by atoms with Gasteiger partial charge in [0.15, 0.2) is 0 Å². The summed E-state index contributed by atoms with van der Waals surface area (Å²) in [5, 5.41) is 12.8. The van der Waals surface area contributed by atoms with Crippen molar-refractivity contribution in [1.29, 1.82) is 0 Å². The van der Waals surface area contributed by atoms with Crippen LogP contribution in [-0.4, -0.2) is 17.7 Å². The summed E-state index contributed by atoms with van der Waals surface area (Å²) < 4.78 is 0. The van der Waals surface area contributed by atoms with Crippen molar-refractivity contribution in [2.24, 2.45) is 11.3 Å². The zero-order valence-corrected chi connectivity index (χ0v) is 12.3. The molecule has 0 aliphatic carbocycles. The van der Waals surface area contributed by atoms with Crippen LogP contribution in [0.25, 0.3) is 0 Å². The Morgan fingerprint density at radius 3 is 2.17 bits per heavy atom. The molecule has 2 N–H and O–H groups in total. The molecule has 2 atom stereocenters. The average Bonchev–Trinajstić information content (AvgIpc) is 2.28. The van der Waals surface area contributed by atoms with Gasteiger partial charge in [-0.15, -0.1) is 0 Å². The van der Waals surface area contributed by atoms with E-state index in [9.17, 15) is 5.11 Å². The summed E-state index contributed by atoms with van der Waals surface area (Å²) in [4.78, 5) is 0. The van der Waals surface area contributed by atoms with Crippen LogP contribution in [0.15, 0.2) is 24.3 Å². The van der Waals surface area contributed by atoms with E-state index in [2.05, 4.69) is 39.9 Å². The minimum absolute atomic E-state index is 0.334. The first-order valence-corrected chi connectivity index (χ1v) is 6.80. The molecule has 0 aliphatic heterocycles. The van der Waals surface area contributed by atoms with Crippen molar-refractivity contribution < 1.29 is 5.11 Å². The third-order valence-corrected chi connectivity index (χ3v) is 3.73. The molecule has 2 heteroatoms. The summed E-state index contributed by atoms with van der Waals surface area (Å²) in [6, 6.07) is 7.93. The number of aromatic hydroxyl groups is 1. The lowest BCUT2D eigenvalue weighted by molar-refractivity contribution is 0.246. The maximum absolute atomic E-state index is 9.24. The molecule has 1 aromatic rings. The second-order valence-electron chi connectivity index (χ2n) is 6.45. The molecular weight excluding hydrogens is 222 g/mol. The smallest absolute Gasteiger partial charge is 0.115 e. The minimum atomic E-state index is 0.334. The van der Waals surface area contributed by atoms with Gasteiger partial charge in [-0.05, 0) is 48.9 Å². The van der Waals surface area contributed by atoms with E-state index in [-0.39, 0.29) is 0 Å². The number of phenols is 1. The van der Waals surface area contributed by atoms with Gasteiger partial charge in [-0.25, -0.2) is 0 Å². The molecule has 0 bridgehead atoms. The van der Waals surface area contributed by atoms with Gasteiger partial charge in [0.05, 0.1) is 0 Å². The first-order valence-electron chi connectivity index (χ1n) is 6.80. The predicted molar refractivity (Wildman–Crippen MR) is 77.9 cm³/mol. The maximum Gasteiger partial charge on any atom is 0.115 e. The highest BCUT2D eigenvalue weighted by Crippen LogP contribution is 2.24. The van der Waals surface area contributed by atoms with Crippen LogP contribution in [0.2, 0.25) is 0 Å². The van der Waals surface area contributed by atoms with Crippen molar-refractivity contribution in [3.8, 4) is 5.75 Å². The molecule has 0 aromatic heterocycles. The monoisotopic (exact) mass is 249 g/mol. The van der Waals surface area contributed by atoms with Gasteiger partial charge in [-0.3, -0.25) is 0 Å². The molecule has 0 saturated carbocycles. The van der Waals surface area contributed by atoms with Gasteiger partial charge in [-0.1, -0.05) is 39.8 Å². The fourth-order valence-corrected chi connectivity index (χ4v) is 1.74. The van der Waals surface area contributed by atoms with E-state index in [0.29, 0.717) is 23.1 Å². The van der Waals surface area contributed by atoms with E-state index >= 15 is 0 Å². The fourth-order valence-electron chi connectivity index (χ4n) is 1.74. The van der Waals surface area contributed by atoms with Crippen LogP contribution < -0.4 is 5.32 Å². The van der Waals surface area contributed by atoms with Gasteiger partial charge in [0.2, 0.25) is 0 Å². The Morgan fingerprint density at radius 1 is 1.11 bits per heavy atom. The average molecular weight is 249 g/mol. The SMILES string of the molecule is CC(Cc1ccc(O)cc1)NCC(C)C(C)(C)C. The largest absolute Gasteiger partial charge is 0.508 e. The van der Waals surface area contributed by atoms with Gasteiger partial charge in [-0.2, -0.15) is 0 Å². The molecule has 102 valence electrons. The van der Waals surface area contributed by atoms with E-state index in [1.807, 2.05) is 12.1 Å². The molecule has 0 saturated heterocycles. The third-order valence-electron chi connectivity index (χ3n) is 3.73. The van der Waals surface area contributed by atoms with Crippen molar-refractivity contribution in [2.45, 2.75) is 47.1 Å². The highest BCUT2D eigenvalue weighted by atomic mass is 16.3. The summed E-state index contributed by atoms with van der Waals surface area (Å²) in [5.41, 5.74) is 1.61. The van der Waals surface area contributed by atoms with Crippen LogP contribution in [0.5, 0.6) is 5.75 Å². The summed E-state index contributed by atoms with van der Waals surface area (Å²) in [5.74, 6) is 0.987. The lowest BCUT2D eigenvalue weighted by Crippen LogP contribution is -2.36. The van der Waals surface area contributed by atoms with E-state index in [1.54, 1.807) is 12.1 Å². The summed E-state index contributed by atoms with van der Waals surface area (Å²) in [7, 11) is 0. The number of phenolic OH excluding ortho intramolecular Hbond substituents is 1. The molecular formula is C16H27NO. The molecule has 0 aliphatic rings. The standard InChI is InChI=1S/C16H27NO/c1-12(16(3,4)5)11-17-13(2)10-14-6-8-15(18)9-7-14/h6-9,12-13,17-18H,10-11H2,1-5H3. The Hall–Kier alpha value is -1.02. The Labute approximate surface area is 111 Å². The van der Waals surface area contributed by atoms with Gasteiger partial charge in [0, 0.05) is 6.04 Å². The summed E-state index contributed by atoms with van der Waals surface area (Å²) in [6.07, 6.45) is 0.997. The van der Waals surface area contributed by atoms with Gasteiger partial charge >= 0.3 is 0 Å².